The molecule has 94 valence electrons. The van der Waals surface area contributed by atoms with E-state index in [2.05, 4.69) is 10.3 Å². The van der Waals surface area contributed by atoms with Crippen molar-refractivity contribution in [2.75, 3.05) is 20.3 Å². The lowest BCUT2D eigenvalue weighted by Gasteiger charge is -2.16. The van der Waals surface area contributed by atoms with Crippen LogP contribution in [0.4, 0.5) is 0 Å². The van der Waals surface area contributed by atoms with E-state index in [9.17, 15) is 4.79 Å². The fraction of sp³-hybridized carbons (Fsp3) is 0.455. The van der Waals surface area contributed by atoms with E-state index < -0.39 is 0 Å². The number of aromatic nitrogens is 1. The van der Waals surface area contributed by atoms with Crippen LogP contribution in [0.3, 0.4) is 0 Å². The van der Waals surface area contributed by atoms with Crippen molar-refractivity contribution in [2.24, 2.45) is 0 Å². The Kier molecular flexibility index (Phi) is 5.90. The van der Waals surface area contributed by atoms with Gasteiger partial charge in [0.05, 0.1) is 23.2 Å². The second kappa shape index (κ2) is 7.21. The first-order valence-corrected chi connectivity index (χ1v) is 5.57. The van der Waals surface area contributed by atoms with Gasteiger partial charge in [-0.15, -0.1) is 0 Å². The molecule has 1 aromatic heterocycles. The van der Waals surface area contributed by atoms with Crippen LogP contribution in [-0.4, -0.2) is 42.4 Å². The minimum absolute atomic E-state index is 0.0188. The highest BCUT2D eigenvalue weighted by Gasteiger charge is 2.15. The van der Waals surface area contributed by atoms with Crippen LogP contribution in [0.25, 0.3) is 0 Å². The number of methoxy groups -OCH3 is 1. The molecule has 6 heteroatoms. The van der Waals surface area contributed by atoms with Gasteiger partial charge in [-0.3, -0.25) is 9.78 Å². The first-order chi connectivity index (χ1) is 8.19. The maximum Gasteiger partial charge on any atom is 0.254 e. The number of pyridine rings is 1. The number of rotatable bonds is 6. The highest BCUT2D eigenvalue weighted by Crippen LogP contribution is 2.13. The summed E-state index contributed by atoms with van der Waals surface area (Å²) in [5.41, 5.74) is 0.313. The summed E-state index contributed by atoms with van der Waals surface area (Å²) in [6.07, 6.45) is 3.34. The number of amides is 1. The van der Waals surface area contributed by atoms with Gasteiger partial charge >= 0.3 is 0 Å². The molecule has 1 amide bonds. The number of halogens is 1. The molecule has 0 saturated heterocycles. The lowest BCUT2D eigenvalue weighted by molar-refractivity contribution is 0.0878. The van der Waals surface area contributed by atoms with Crippen LogP contribution in [0.15, 0.2) is 18.5 Å². The van der Waals surface area contributed by atoms with Crippen molar-refractivity contribution in [2.45, 2.75) is 12.5 Å². The van der Waals surface area contributed by atoms with E-state index in [1.165, 1.54) is 19.5 Å². The Morgan fingerprint density at radius 2 is 2.47 bits per heavy atom. The predicted octanol–water partition coefficient (Wildman–Crippen LogP) is 0.862. The Balaban J connectivity index is 2.67. The minimum atomic E-state index is -0.321. The van der Waals surface area contributed by atoms with Crippen LogP contribution >= 0.6 is 11.6 Å². The number of nitrogens with zero attached hydrogens (tertiary/aromatic N) is 1. The standard InChI is InChI=1S/C11H15ClN2O3/c1-17-7-8(3-5-15)14-11(16)9-6-13-4-2-10(9)12/h2,4,6,8,15H,3,5,7H2,1H3,(H,14,16). The van der Waals surface area contributed by atoms with Crippen LogP contribution < -0.4 is 5.32 Å². The molecule has 0 aliphatic heterocycles. The van der Waals surface area contributed by atoms with E-state index in [0.29, 0.717) is 23.6 Å². The van der Waals surface area contributed by atoms with Crippen molar-refractivity contribution in [3.63, 3.8) is 0 Å². The molecule has 0 saturated carbocycles. The van der Waals surface area contributed by atoms with Crippen molar-refractivity contribution in [3.05, 3.63) is 29.0 Å². The van der Waals surface area contributed by atoms with Gasteiger partial charge < -0.3 is 15.2 Å². The van der Waals surface area contributed by atoms with Crippen LogP contribution in [0.2, 0.25) is 5.02 Å². The number of nitrogens with one attached hydrogen (secondary N) is 1. The Labute approximate surface area is 105 Å². The Morgan fingerprint density at radius 1 is 1.71 bits per heavy atom. The zero-order valence-electron chi connectivity index (χ0n) is 9.52. The van der Waals surface area contributed by atoms with Gasteiger partial charge in [-0.1, -0.05) is 11.6 Å². The molecule has 0 aromatic carbocycles. The number of aliphatic hydroxyl groups is 1. The molecule has 2 N–H and O–H groups in total. The molecule has 0 bridgehead atoms. The molecule has 1 atom stereocenters. The zero-order valence-corrected chi connectivity index (χ0v) is 10.3. The molecular weight excluding hydrogens is 244 g/mol. The maximum atomic E-state index is 11.9. The third-order valence-electron chi connectivity index (χ3n) is 2.19. The topological polar surface area (TPSA) is 71.5 Å². The van der Waals surface area contributed by atoms with Gasteiger partial charge in [-0.05, 0) is 12.5 Å². The van der Waals surface area contributed by atoms with Gasteiger partial charge in [-0.25, -0.2) is 0 Å². The summed E-state index contributed by atoms with van der Waals surface area (Å²) in [6.45, 7) is 0.319. The number of aliphatic hydroxyl groups excluding tert-OH is 1. The van der Waals surface area contributed by atoms with Crippen molar-refractivity contribution >= 4 is 17.5 Å². The normalized spacial score (nSPS) is 12.2. The molecule has 1 rings (SSSR count). The van der Waals surface area contributed by atoms with E-state index in [4.69, 9.17) is 21.4 Å². The third-order valence-corrected chi connectivity index (χ3v) is 2.52. The van der Waals surface area contributed by atoms with E-state index in [0.717, 1.165) is 0 Å². The van der Waals surface area contributed by atoms with Gasteiger partial charge in [0.1, 0.15) is 0 Å². The molecule has 1 heterocycles. The summed E-state index contributed by atoms with van der Waals surface area (Å²) in [5.74, 6) is -0.321. The number of ether oxygens (including phenoxy) is 1. The molecule has 0 radical (unpaired) electrons. The molecular formula is C11H15ClN2O3. The van der Waals surface area contributed by atoms with E-state index in [1.54, 1.807) is 6.07 Å². The fourth-order valence-electron chi connectivity index (χ4n) is 1.36. The first-order valence-electron chi connectivity index (χ1n) is 5.19. The second-order valence-corrected chi connectivity index (χ2v) is 3.90. The average Bonchev–Trinajstić information content (AvgIpc) is 2.30. The van der Waals surface area contributed by atoms with Gasteiger partial charge in [-0.2, -0.15) is 0 Å². The predicted molar refractivity (Wildman–Crippen MR) is 64.1 cm³/mol. The molecule has 0 aliphatic rings. The van der Waals surface area contributed by atoms with E-state index in [-0.39, 0.29) is 18.6 Å². The Bertz CT molecular complexity index is 367. The summed E-state index contributed by atoms with van der Waals surface area (Å²) in [7, 11) is 1.54. The third kappa shape index (κ3) is 4.30. The van der Waals surface area contributed by atoms with Crippen molar-refractivity contribution in [3.8, 4) is 0 Å². The van der Waals surface area contributed by atoms with Crippen LogP contribution in [0.5, 0.6) is 0 Å². The summed E-state index contributed by atoms with van der Waals surface area (Å²) in [6, 6.07) is 1.31. The monoisotopic (exact) mass is 258 g/mol. The summed E-state index contributed by atoms with van der Waals surface area (Å²) in [5, 5.41) is 11.9. The minimum Gasteiger partial charge on any atom is -0.396 e. The van der Waals surface area contributed by atoms with Gasteiger partial charge in [0.15, 0.2) is 0 Å². The average molecular weight is 259 g/mol. The molecule has 0 spiro atoms. The summed E-state index contributed by atoms with van der Waals surface area (Å²) < 4.78 is 4.95. The van der Waals surface area contributed by atoms with Crippen LogP contribution in [0, 0.1) is 0 Å². The van der Waals surface area contributed by atoms with Crippen LogP contribution in [0.1, 0.15) is 16.8 Å². The molecule has 17 heavy (non-hydrogen) atoms. The molecule has 0 fully saturated rings. The highest BCUT2D eigenvalue weighted by atomic mass is 35.5. The van der Waals surface area contributed by atoms with Crippen LogP contribution in [-0.2, 0) is 4.74 Å². The molecule has 0 aliphatic carbocycles. The SMILES string of the molecule is COCC(CCO)NC(=O)c1cnccc1Cl. The molecule has 5 nitrogen and oxygen atoms in total. The lowest BCUT2D eigenvalue weighted by atomic mass is 10.2. The number of carbonyl (C=O) groups is 1. The zero-order chi connectivity index (χ0) is 12.7. The molecule has 1 unspecified atom stereocenters. The van der Waals surface area contributed by atoms with Gasteiger partial charge in [0.25, 0.3) is 5.91 Å². The summed E-state index contributed by atoms with van der Waals surface area (Å²) >= 11 is 5.88. The summed E-state index contributed by atoms with van der Waals surface area (Å²) in [4.78, 5) is 15.7. The smallest absolute Gasteiger partial charge is 0.254 e. The van der Waals surface area contributed by atoms with E-state index >= 15 is 0 Å². The first kappa shape index (κ1) is 13.9. The largest absolute Gasteiger partial charge is 0.396 e. The molecule has 1 aromatic rings. The Hall–Kier alpha value is -1.17. The van der Waals surface area contributed by atoms with Gasteiger partial charge in [0, 0.05) is 26.1 Å². The van der Waals surface area contributed by atoms with Crippen molar-refractivity contribution < 1.29 is 14.6 Å². The Morgan fingerprint density at radius 3 is 3.06 bits per heavy atom. The van der Waals surface area contributed by atoms with Gasteiger partial charge in [0.2, 0.25) is 0 Å². The van der Waals surface area contributed by atoms with Crippen molar-refractivity contribution in [1.82, 2.24) is 10.3 Å². The highest BCUT2D eigenvalue weighted by molar-refractivity contribution is 6.33. The fourth-order valence-corrected chi connectivity index (χ4v) is 1.55. The number of hydrogen-bond acceptors (Lipinski definition) is 4. The second-order valence-electron chi connectivity index (χ2n) is 3.49. The van der Waals surface area contributed by atoms with E-state index in [1.807, 2.05) is 0 Å². The number of hydrogen-bond donors (Lipinski definition) is 2. The quantitative estimate of drug-likeness (QED) is 0.794. The van der Waals surface area contributed by atoms with Crippen molar-refractivity contribution in [1.29, 1.82) is 0 Å². The lowest BCUT2D eigenvalue weighted by Crippen LogP contribution is -2.38. The number of carbonyl (C=O) groups excluding carboxylic acids is 1. The maximum absolute atomic E-state index is 11.9.